The van der Waals surface area contributed by atoms with Gasteiger partial charge < -0.3 is 14.6 Å². The monoisotopic (exact) mass is 250 g/mol. The number of aliphatic hydroxyl groups excluding tert-OH is 1. The van der Waals surface area contributed by atoms with Crippen molar-refractivity contribution in [2.24, 2.45) is 5.92 Å². The molecular weight excluding hydrogens is 232 g/mol. The van der Waals surface area contributed by atoms with E-state index in [-0.39, 0.29) is 18.0 Å². The summed E-state index contributed by atoms with van der Waals surface area (Å²) in [5.41, 5.74) is -0.193. The van der Waals surface area contributed by atoms with Gasteiger partial charge in [0.15, 0.2) is 0 Å². The number of carbonyl (C=O) groups is 1. The second kappa shape index (κ2) is 5.35. The van der Waals surface area contributed by atoms with Gasteiger partial charge in [-0.05, 0) is 24.8 Å². The molecule has 1 fully saturated rings. The van der Waals surface area contributed by atoms with Gasteiger partial charge in [-0.25, -0.2) is 0 Å². The molecule has 1 N–H and O–H groups in total. The van der Waals surface area contributed by atoms with Crippen LogP contribution in [0.3, 0.4) is 0 Å². The molecule has 5 nitrogen and oxygen atoms in total. The number of aromatic nitrogens is 1. The molecule has 1 aliphatic carbocycles. The maximum Gasteiger partial charge on any atom is 0.250 e. The van der Waals surface area contributed by atoms with Crippen LogP contribution >= 0.6 is 0 Å². The Morgan fingerprint density at radius 2 is 2.28 bits per heavy atom. The predicted molar refractivity (Wildman–Crippen MR) is 67.1 cm³/mol. The van der Waals surface area contributed by atoms with Crippen LogP contribution in [0.2, 0.25) is 0 Å². The molecule has 0 radical (unpaired) electrons. The first kappa shape index (κ1) is 12.8. The van der Waals surface area contributed by atoms with E-state index in [1.165, 1.54) is 15.5 Å². The summed E-state index contributed by atoms with van der Waals surface area (Å²) in [5, 5.41) is 9.77. The number of likely N-dealkylation sites (N-methyl/N-ethyl adjacent to an activating group) is 1. The van der Waals surface area contributed by atoms with Crippen LogP contribution in [0.15, 0.2) is 29.2 Å². The van der Waals surface area contributed by atoms with Crippen LogP contribution in [-0.2, 0) is 11.3 Å². The second-order valence-electron chi connectivity index (χ2n) is 4.85. The molecule has 1 unspecified atom stereocenters. The summed E-state index contributed by atoms with van der Waals surface area (Å²) < 4.78 is 1.36. The highest BCUT2D eigenvalue weighted by Crippen LogP contribution is 2.32. The van der Waals surface area contributed by atoms with E-state index >= 15 is 0 Å². The highest BCUT2D eigenvalue weighted by Gasteiger charge is 2.31. The molecule has 1 aromatic heterocycles. The molecule has 0 saturated heterocycles. The third-order valence-electron chi connectivity index (χ3n) is 3.26. The largest absolute Gasteiger partial charge is 0.391 e. The van der Waals surface area contributed by atoms with Crippen molar-refractivity contribution >= 4 is 5.91 Å². The Bertz CT molecular complexity index is 479. The second-order valence-corrected chi connectivity index (χ2v) is 4.85. The van der Waals surface area contributed by atoms with Gasteiger partial charge >= 0.3 is 0 Å². The molecule has 0 bridgehead atoms. The molecule has 1 aromatic rings. The van der Waals surface area contributed by atoms with Crippen LogP contribution in [0.1, 0.15) is 12.8 Å². The van der Waals surface area contributed by atoms with E-state index in [2.05, 4.69) is 0 Å². The summed E-state index contributed by atoms with van der Waals surface area (Å²) in [4.78, 5) is 24.8. The van der Waals surface area contributed by atoms with Crippen molar-refractivity contribution in [1.82, 2.24) is 9.47 Å². The Morgan fingerprint density at radius 3 is 2.89 bits per heavy atom. The molecule has 0 aliphatic heterocycles. The van der Waals surface area contributed by atoms with Crippen molar-refractivity contribution in [3.8, 4) is 0 Å². The van der Waals surface area contributed by atoms with Crippen molar-refractivity contribution in [2.45, 2.75) is 25.5 Å². The van der Waals surface area contributed by atoms with E-state index in [0.717, 1.165) is 12.8 Å². The van der Waals surface area contributed by atoms with Crippen LogP contribution in [-0.4, -0.2) is 40.2 Å². The number of hydrogen-bond donors (Lipinski definition) is 1. The fraction of sp³-hybridized carbons (Fsp3) is 0.538. The molecule has 1 heterocycles. The molecule has 18 heavy (non-hydrogen) atoms. The van der Waals surface area contributed by atoms with E-state index in [1.807, 2.05) is 0 Å². The molecule has 1 aliphatic rings. The normalized spacial score (nSPS) is 16.3. The fourth-order valence-electron chi connectivity index (χ4n) is 1.87. The maximum atomic E-state index is 11.9. The third kappa shape index (κ3) is 3.20. The van der Waals surface area contributed by atoms with Gasteiger partial charge in [-0.3, -0.25) is 9.59 Å². The summed E-state index contributed by atoms with van der Waals surface area (Å²) in [6.07, 6.45) is 3.24. The summed E-state index contributed by atoms with van der Waals surface area (Å²) >= 11 is 0. The van der Waals surface area contributed by atoms with E-state index in [9.17, 15) is 14.7 Å². The average Bonchev–Trinajstić information content (AvgIpc) is 3.15. The molecule has 98 valence electrons. The maximum absolute atomic E-state index is 11.9. The number of aliphatic hydroxyl groups is 1. The number of hydrogen-bond acceptors (Lipinski definition) is 3. The van der Waals surface area contributed by atoms with Crippen molar-refractivity contribution < 1.29 is 9.90 Å². The summed E-state index contributed by atoms with van der Waals surface area (Å²) in [7, 11) is 1.65. The zero-order chi connectivity index (χ0) is 13.1. The van der Waals surface area contributed by atoms with Gasteiger partial charge in [0.05, 0.1) is 6.10 Å². The van der Waals surface area contributed by atoms with Gasteiger partial charge in [0.25, 0.3) is 5.56 Å². The van der Waals surface area contributed by atoms with Gasteiger partial charge in [-0.1, -0.05) is 6.07 Å². The van der Waals surface area contributed by atoms with Crippen LogP contribution in [0.5, 0.6) is 0 Å². The standard InChI is InChI=1S/C13H18N2O3/c1-14(8-11(16)10-5-6-10)13(18)9-15-7-3-2-4-12(15)17/h2-4,7,10-11,16H,5-6,8-9H2,1H3. The Hall–Kier alpha value is -1.62. The molecule has 0 spiro atoms. The summed E-state index contributed by atoms with van der Waals surface area (Å²) in [6, 6.07) is 4.78. The smallest absolute Gasteiger partial charge is 0.250 e. The number of rotatable bonds is 5. The minimum atomic E-state index is -0.438. The Kier molecular flexibility index (Phi) is 3.81. The van der Waals surface area contributed by atoms with E-state index < -0.39 is 6.10 Å². The number of amides is 1. The van der Waals surface area contributed by atoms with Gasteiger partial charge in [0.1, 0.15) is 6.54 Å². The number of carbonyl (C=O) groups excluding carboxylic acids is 1. The molecule has 1 saturated carbocycles. The van der Waals surface area contributed by atoms with Gasteiger partial charge in [-0.2, -0.15) is 0 Å². The molecule has 1 amide bonds. The first-order valence-corrected chi connectivity index (χ1v) is 6.15. The fourth-order valence-corrected chi connectivity index (χ4v) is 1.87. The number of nitrogens with zero attached hydrogens (tertiary/aromatic N) is 2. The summed E-state index contributed by atoms with van der Waals surface area (Å²) in [6.45, 7) is 0.360. The highest BCUT2D eigenvalue weighted by atomic mass is 16.3. The zero-order valence-electron chi connectivity index (χ0n) is 10.5. The summed E-state index contributed by atoms with van der Waals surface area (Å²) in [5.74, 6) is 0.183. The first-order valence-electron chi connectivity index (χ1n) is 6.15. The van der Waals surface area contributed by atoms with Gasteiger partial charge in [-0.15, -0.1) is 0 Å². The number of pyridine rings is 1. The Balaban J connectivity index is 1.90. The van der Waals surface area contributed by atoms with Crippen LogP contribution in [0, 0.1) is 5.92 Å². The predicted octanol–water partition coefficient (Wildman–Crippen LogP) is 0.0776. The lowest BCUT2D eigenvalue weighted by Crippen LogP contribution is -2.38. The van der Waals surface area contributed by atoms with Crippen LogP contribution in [0.4, 0.5) is 0 Å². The van der Waals surface area contributed by atoms with Crippen LogP contribution < -0.4 is 5.56 Å². The minimum absolute atomic E-state index is 0.0214. The van der Waals surface area contributed by atoms with Crippen molar-refractivity contribution in [3.63, 3.8) is 0 Å². The van der Waals surface area contributed by atoms with E-state index in [4.69, 9.17) is 0 Å². The Labute approximate surface area is 106 Å². The molecule has 1 atom stereocenters. The molecule has 2 rings (SSSR count). The molecular formula is C13H18N2O3. The highest BCUT2D eigenvalue weighted by molar-refractivity contribution is 5.75. The molecule has 5 heteroatoms. The zero-order valence-corrected chi connectivity index (χ0v) is 10.5. The van der Waals surface area contributed by atoms with Crippen LogP contribution in [0.25, 0.3) is 0 Å². The van der Waals surface area contributed by atoms with Crippen molar-refractivity contribution in [3.05, 3.63) is 34.7 Å². The Morgan fingerprint density at radius 1 is 1.56 bits per heavy atom. The first-order chi connectivity index (χ1) is 8.58. The van der Waals surface area contributed by atoms with Gasteiger partial charge in [0, 0.05) is 25.9 Å². The lowest BCUT2D eigenvalue weighted by Gasteiger charge is -2.21. The quantitative estimate of drug-likeness (QED) is 0.805. The van der Waals surface area contributed by atoms with Crippen molar-refractivity contribution in [1.29, 1.82) is 0 Å². The topological polar surface area (TPSA) is 62.5 Å². The average molecular weight is 250 g/mol. The van der Waals surface area contributed by atoms with E-state index in [1.54, 1.807) is 25.4 Å². The minimum Gasteiger partial charge on any atom is -0.391 e. The lowest BCUT2D eigenvalue weighted by atomic mass is 10.2. The molecule has 0 aromatic carbocycles. The van der Waals surface area contributed by atoms with Gasteiger partial charge in [0.2, 0.25) is 5.91 Å². The lowest BCUT2D eigenvalue weighted by molar-refractivity contribution is -0.132. The van der Waals surface area contributed by atoms with E-state index in [0.29, 0.717) is 12.5 Å². The third-order valence-corrected chi connectivity index (χ3v) is 3.26. The van der Waals surface area contributed by atoms with Crippen molar-refractivity contribution in [2.75, 3.05) is 13.6 Å². The SMILES string of the molecule is CN(CC(O)C1CC1)C(=O)Cn1ccccc1=O.